The van der Waals surface area contributed by atoms with Gasteiger partial charge in [-0.3, -0.25) is 9.69 Å². The third-order valence-corrected chi connectivity index (χ3v) is 5.83. The summed E-state index contributed by atoms with van der Waals surface area (Å²) in [6.45, 7) is 1.06. The Morgan fingerprint density at radius 3 is 2.54 bits per heavy atom. The van der Waals surface area contributed by atoms with Crippen molar-refractivity contribution in [2.75, 3.05) is 37.8 Å². The number of amides is 1. The molecule has 0 aliphatic rings. The Balaban J connectivity index is 0.00000280. The lowest BCUT2D eigenvalue weighted by atomic mass is 10.3. The summed E-state index contributed by atoms with van der Waals surface area (Å²) >= 11 is 2.56. The topological polar surface area (TPSA) is 36.4 Å². The van der Waals surface area contributed by atoms with Crippen LogP contribution in [0.1, 0.15) is 0 Å². The van der Waals surface area contributed by atoms with Gasteiger partial charge in [0, 0.05) is 24.1 Å². The molecule has 2 aromatic carbocycles. The zero-order chi connectivity index (χ0) is 19.4. The molecule has 150 valence electrons. The predicted octanol–water partition coefficient (Wildman–Crippen LogP) is 4.68. The molecule has 4 nitrogen and oxygen atoms in total. The molecule has 0 spiro atoms. The molecule has 0 fully saturated rings. The van der Waals surface area contributed by atoms with E-state index in [9.17, 15) is 13.6 Å². The van der Waals surface area contributed by atoms with Gasteiger partial charge in [-0.05, 0) is 32.3 Å². The van der Waals surface area contributed by atoms with Gasteiger partial charge in [0.15, 0.2) is 10.9 Å². The van der Waals surface area contributed by atoms with E-state index in [1.807, 2.05) is 49.3 Å². The van der Waals surface area contributed by atoms with Crippen molar-refractivity contribution in [1.29, 1.82) is 0 Å². The van der Waals surface area contributed by atoms with Crippen molar-refractivity contribution in [3.8, 4) is 0 Å². The van der Waals surface area contributed by atoms with Crippen LogP contribution < -0.4 is 4.90 Å². The standard InChI is InChI=1S/C19H19F2N3OS2.ClH/c1-23(2)8-9-24(17(25)12-26-14-6-4-3-5-7-14)19-22-18-15(21)10-13(20)11-16(18)27-19;/h3-7,10-11H,8-9,12H2,1-2H3;1H. The van der Waals surface area contributed by atoms with Crippen LogP contribution in [0.2, 0.25) is 0 Å². The summed E-state index contributed by atoms with van der Waals surface area (Å²) in [6.07, 6.45) is 0. The fourth-order valence-electron chi connectivity index (χ4n) is 2.43. The number of thiazole rings is 1. The minimum absolute atomic E-state index is 0. The van der Waals surface area contributed by atoms with Crippen molar-refractivity contribution >= 4 is 56.8 Å². The Bertz CT molecular complexity index is 938. The minimum Gasteiger partial charge on any atom is -0.308 e. The van der Waals surface area contributed by atoms with E-state index in [4.69, 9.17) is 0 Å². The molecule has 1 amide bonds. The van der Waals surface area contributed by atoms with E-state index in [-0.39, 0.29) is 29.6 Å². The van der Waals surface area contributed by atoms with E-state index in [2.05, 4.69) is 4.98 Å². The number of carbonyl (C=O) groups excluding carboxylic acids is 1. The summed E-state index contributed by atoms with van der Waals surface area (Å²) in [4.78, 5) is 21.6. The number of rotatable bonds is 7. The van der Waals surface area contributed by atoms with Gasteiger partial charge < -0.3 is 4.90 Å². The SMILES string of the molecule is CN(C)CCN(C(=O)CSc1ccccc1)c1nc2c(F)cc(F)cc2s1.Cl. The fraction of sp³-hybridized carbons (Fsp3) is 0.263. The molecule has 0 N–H and O–H groups in total. The van der Waals surface area contributed by atoms with Crippen LogP contribution in [0.15, 0.2) is 47.4 Å². The number of aromatic nitrogens is 1. The smallest absolute Gasteiger partial charge is 0.239 e. The molecule has 0 saturated heterocycles. The minimum atomic E-state index is -0.717. The van der Waals surface area contributed by atoms with Crippen LogP contribution in [0.4, 0.5) is 13.9 Å². The van der Waals surface area contributed by atoms with Crippen LogP contribution in [-0.2, 0) is 4.79 Å². The van der Waals surface area contributed by atoms with Crippen LogP contribution in [0, 0.1) is 11.6 Å². The van der Waals surface area contributed by atoms with Gasteiger partial charge in [0.1, 0.15) is 11.3 Å². The lowest BCUT2D eigenvalue weighted by Crippen LogP contribution is -2.37. The normalized spacial score (nSPS) is 10.9. The van der Waals surface area contributed by atoms with Crippen LogP contribution in [0.5, 0.6) is 0 Å². The molecular weight excluding hydrogens is 424 g/mol. The maximum absolute atomic E-state index is 14.0. The molecule has 3 aromatic rings. The summed E-state index contributed by atoms with van der Waals surface area (Å²) in [6, 6.07) is 11.7. The van der Waals surface area contributed by atoms with Crippen molar-refractivity contribution < 1.29 is 13.6 Å². The molecule has 0 bridgehead atoms. The zero-order valence-corrected chi connectivity index (χ0v) is 17.8. The van der Waals surface area contributed by atoms with Gasteiger partial charge in [-0.25, -0.2) is 13.8 Å². The highest BCUT2D eigenvalue weighted by Gasteiger charge is 2.21. The monoisotopic (exact) mass is 443 g/mol. The quantitative estimate of drug-likeness (QED) is 0.497. The molecular formula is C19H20ClF2N3OS2. The molecule has 0 atom stereocenters. The van der Waals surface area contributed by atoms with E-state index in [1.165, 1.54) is 17.8 Å². The van der Waals surface area contributed by atoms with Gasteiger partial charge in [0.2, 0.25) is 5.91 Å². The highest BCUT2D eigenvalue weighted by Crippen LogP contribution is 2.31. The summed E-state index contributed by atoms with van der Waals surface area (Å²) in [5, 5.41) is 0.384. The third-order valence-electron chi connectivity index (χ3n) is 3.81. The van der Waals surface area contributed by atoms with Crippen molar-refractivity contribution in [3.05, 3.63) is 54.1 Å². The van der Waals surface area contributed by atoms with Crippen LogP contribution in [0.25, 0.3) is 10.2 Å². The van der Waals surface area contributed by atoms with Crippen molar-refractivity contribution in [2.45, 2.75) is 4.90 Å². The summed E-state index contributed by atoms with van der Waals surface area (Å²) < 4.78 is 27.9. The van der Waals surface area contributed by atoms with Gasteiger partial charge in [0.05, 0.1) is 10.5 Å². The number of fused-ring (bicyclic) bond motifs is 1. The molecule has 1 heterocycles. The number of likely N-dealkylation sites (N-methyl/N-ethyl adjacent to an activating group) is 1. The molecule has 0 aliphatic heterocycles. The molecule has 0 aliphatic carbocycles. The first kappa shape index (κ1) is 22.5. The van der Waals surface area contributed by atoms with E-state index in [0.717, 1.165) is 22.3 Å². The fourth-order valence-corrected chi connectivity index (χ4v) is 4.27. The van der Waals surface area contributed by atoms with Crippen molar-refractivity contribution in [2.24, 2.45) is 0 Å². The van der Waals surface area contributed by atoms with Gasteiger partial charge in [-0.15, -0.1) is 24.2 Å². The lowest BCUT2D eigenvalue weighted by Gasteiger charge is -2.21. The number of carbonyl (C=O) groups is 1. The van der Waals surface area contributed by atoms with Crippen LogP contribution in [0.3, 0.4) is 0 Å². The summed E-state index contributed by atoms with van der Waals surface area (Å²) in [7, 11) is 3.82. The van der Waals surface area contributed by atoms with Crippen LogP contribution >= 0.6 is 35.5 Å². The second kappa shape index (κ2) is 10.2. The first-order valence-corrected chi connectivity index (χ1v) is 10.1. The number of hydrogen-bond acceptors (Lipinski definition) is 5. The summed E-state index contributed by atoms with van der Waals surface area (Å²) in [5.74, 6) is -1.25. The van der Waals surface area contributed by atoms with E-state index < -0.39 is 11.6 Å². The Kier molecular flexibility index (Phi) is 8.18. The van der Waals surface area contributed by atoms with Crippen molar-refractivity contribution in [1.82, 2.24) is 9.88 Å². The van der Waals surface area contributed by atoms with Crippen molar-refractivity contribution in [3.63, 3.8) is 0 Å². The Morgan fingerprint density at radius 1 is 1.14 bits per heavy atom. The first-order valence-electron chi connectivity index (χ1n) is 8.32. The second-order valence-corrected chi connectivity index (χ2v) is 8.24. The first-order chi connectivity index (χ1) is 12.9. The van der Waals surface area contributed by atoms with Crippen LogP contribution in [-0.4, -0.2) is 48.7 Å². The number of benzene rings is 2. The lowest BCUT2D eigenvalue weighted by molar-refractivity contribution is -0.116. The Morgan fingerprint density at radius 2 is 1.86 bits per heavy atom. The zero-order valence-electron chi connectivity index (χ0n) is 15.4. The third kappa shape index (κ3) is 5.64. The van der Waals surface area contributed by atoms with E-state index >= 15 is 0 Å². The maximum Gasteiger partial charge on any atom is 0.239 e. The van der Waals surface area contributed by atoms with Gasteiger partial charge in [-0.1, -0.05) is 29.5 Å². The molecule has 3 rings (SSSR count). The number of hydrogen-bond donors (Lipinski definition) is 0. The summed E-state index contributed by atoms with van der Waals surface area (Å²) in [5.41, 5.74) is 0.0924. The molecule has 0 unspecified atom stereocenters. The molecule has 9 heteroatoms. The average Bonchev–Trinajstić information content (AvgIpc) is 3.04. The number of nitrogens with zero attached hydrogens (tertiary/aromatic N) is 3. The number of anilines is 1. The molecule has 28 heavy (non-hydrogen) atoms. The molecule has 0 saturated carbocycles. The number of halogens is 3. The van der Waals surface area contributed by atoms with E-state index in [1.54, 1.807) is 4.90 Å². The predicted molar refractivity (Wildman–Crippen MR) is 115 cm³/mol. The van der Waals surface area contributed by atoms with Gasteiger partial charge in [0.25, 0.3) is 0 Å². The van der Waals surface area contributed by atoms with Gasteiger partial charge in [-0.2, -0.15) is 0 Å². The largest absolute Gasteiger partial charge is 0.308 e. The average molecular weight is 444 g/mol. The number of thioether (sulfide) groups is 1. The molecule has 1 aromatic heterocycles. The Labute approximate surface area is 177 Å². The highest BCUT2D eigenvalue weighted by molar-refractivity contribution is 8.00. The Hall–Kier alpha value is -1.74. The maximum atomic E-state index is 14.0. The van der Waals surface area contributed by atoms with Gasteiger partial charge >= 0.3 is 0 Å². The second-order valence-electron chi connectivity index (χ2n) is 6.18. The molecule has 0 radical (unpaired) electrons. The van der Waals surface area contributed by atoms with E-state index in [0.29, 0.717) is 22.9 Å². The highest BCUT2D eigenvalue weighted by atomic mass is 35.5.